The van der Waals surface area contributed by atoms with Gasteiger partial charge in [-0.25, -0.2) is 0 Å². The molecule has 2 heterocycles. The molecule has 4 N–H and O–H groups in total. The molecule has 6 heteroatoms. The van der Waals surface area contributed by atoms with Crippen LogP contribution in [0.25, 0.3) is 0 Å². The number of amides is 1. The van der Waals surface area contributed by atoms with E-state index in [9.17, 15) is 4.79 Å². The first kappa shape index (κ1) is 11.6. The molecule has 0 unspecified atom stereocenters. The van der Waals surface area contributed by atoms with Gasteiger partial charge >= 0.3 is 0 Å². The lowest BCUT2D eigenvalue weighted by Crippen LogP contribution is -2.24. The Bertz CT molecular complexity index is 498. The molecule has 1 amide bonds. The number of thiophene rings is 1. The molecule has 88 valence electrons. The molecule has 0 aliphatic heterocycles. The van der Waals surface area contributed by atoms with Crippen molar-refractivity contribution >= 4 is 22.9 Å². The second-order valence-corrected chi connectivity index (χ2v) is 4.36. The van der Waals surface area contributed by atoms with Crippen LogP contribution in [0.1, 0.15) is 15.2 Å². The van der Waals surface area contributed by atoms with Crippen LogP contribution in [-0.2, 0) is 6.54 Å². The summed E-state index contributed by atoms with van der Waals surface area (Å²) in [7, 11) is 0. The number of nitrogens with two attached hydrogens (primary N) is 1. The van der Waals surface area contributed by atoms with Gasteiger partial charge in [-0.3, -0.25) is 15.6 Å². The van der Waals surface area contributed by atoms with Crippen LogP contribution in [0.2, 0.25) is 0 Å². The predicted molar refractivity (Wildman–Crippen MR) is 67.5 cm³/mol. The summed E-state index contributed by atoms with van der Waals surface area (Å²) in [6, 6.07) is 5.55. The highest BCUT2D eigenvalue weighted by Gasteiger charge is 2.10. The summed E-state index contributed by atoms with van der Waals surface area (Å²) >= 11 is 1.60. The zero-order chi connectivity index (χ0) is 12.1. The van der Waals surface area contributed by atoms with Crippen LogP contribution in [0.5, 0.6) is 0 Å². The maximum absolute atomic E-state index is 11.9. The van der Waals surface area contributed by atoms with Crippen molar-refractivity contribution in [1.29, 1.82) is 0 Å². The second-order valence-electron chi connectivity index (χ2n) is 3.33. The molecular formula is C11H12N4OS. The predicted octanol–water partition coefficient (Wildman–Crippen LogP) is 1.36. The zero-order valence-corrected chi connectivity index (χ0v) is 9.83. The average Bonchev–Trinajstić information content (AvgIpc) is 2.89. The number of anilines is 1. The van der Waals surface area contributed by atoms with E-state index in [-0.39, 0.29) is 5.91 Å². The molecule has 5 nitrogen and oxygen atoms in total. The van der Waals surface area contributed by atoms with Crippen LogP contribution in [0.4, 0.5) is 5.69 Å². The van der Waals surface area contributed by atoms with Crippen molar-refractivity contribution in [2.75, 3.05) is 5.43 Å². The van der Waals surface area contributed by atoms with Gasteiger partial charge in [-0.1, -0.05) is 6.07 Å². The summed E-state index contributed by atoms with van der Waals surface area (Å²) < 4.78 is 0. The number of carbonyl (C=O) groups excluding carboxylic acids is 1. The Morgan fingerprint density at radius 3 is 3.06 bits per heavy atom. The third kappa shape index (κ3) is 2.80. The summed E-state index contributed by atoms with van der Waals surface area (Å²) in [6.07, 6.45) is 3.07. The number of nitrogens with one attached hydrogen (secondary N) is 2. The maximum Gasteiger partial charge on any atom is 0.253 e. The fourth-order valence-corrected chi connectivity index (χ4v) is 2.03. The number of pyridine rings is 1. The van der Waals surface area contributed by atoms with Crippen LogP contribution in [0, 0.1) is 0 Å². The fourth-order valence-electron chi connectivity index (χ4n) is 1.38. The molecule has 0 saturated heterocycles. The third-order valence-electron chi connectivity index (χ3n) is 2.22. The van der Waals surface area contributed by atoms with E-state index in [0.717, 1.165) is 4.88 Å². The Morgan fingerprint density at radius 1 is 1.47 bits per heavy atom. The highest BCUT2D eigenvalue weighted by atomic mass is 32.1. The topological polar surface area (TPSA) is 80.0 Å². The van der Waals surface area contributed by atoms with Gasteiger partial charge in [-0.2, -0.15) is 0 Å². The smallest absolute Gasteiger partial charge is 0.253 e. The molecule has 0 spiro atoms. The van der Waals surface area contributed by atoms with Gasteiger partial charge in [0.15, 0.2) is 0 Å². The zero-order valence-electron chi connectivity index (χ0n) is 9.01. The lowest BCUT2D eigenvalue weighted by Gasteiger charge is -2.08. The van der Waals surface area contributed by atoms with Gasteiger partial charge in [0, 0.05) is 11.1 Å². The van der Waals surface area contributed by atoms with Crippen LogP contribution in [-0.4, -0.2) is 10.9 Å². The standard InChI is InChI=1S/C11H12N4OS/c12-15-10-7-13-4-3-9(10)11(16)14-6-8-2-1-5-17-8/h1-5,7,15H,6,12H2,(H,14,16). The van der Waals surface area contributed by atoms with E-state index < -0.39 is 0 Å². The van der Waals surface area contributed by atoms with Gasteiger partial charge in [-0.15, -0.1) is 11.3 Å². The Balaban J connectivity index is 2.04. The molecule has 2 aromatic rings. The van der Waals surface area contributed by atoms with Crippen molar-refractivity contribution in [3.63, 3.8) is 0 Å². The molecule has 0 aromatic carbocycles. The molecule has 0 fully saturated rings. The third-order valence-corrected chi connectivity index (χ3v) is 3.10. The number of nitrogens with zero attached hydrogens (tertiary/aromatic N) is 1. The number of nitrogen functional groups attached to an aromatic ring is 1. The van der Waals surface area contributed by atoms with Crippen molar-refractivity contribution in [2.45, 2.75) is 6.54 Å². The Morgan fingerprint density at radius 2 is 2.35 bits per heavy atom. The van der Waals surface area contributed by atoms with Gasteiger partial charge in [0.25, 0.3) is 5.91 Å². The summed E-state index contributed by atoms with van der Waals surface area (Å²) in [4.78, 5) is 16.9. The van der Waals surface area contributed by atoms with Gasteiger partial charge in [0.1, 0.15) is 0 Å². The number of hydrogen-bond acceptors (Lipinski definition) is 5. The van der Waals surface area contributed by atoms with Crippen molar-refractivity contribution in [2.24, 2.45) is 5.84 Å². The molecule has 0 aliphatic carbocycles. The Hall–Kier alpha value is -1.92. The molecule has 0 atom stereocenters. The van der Waals surface area contributed by atoms with Crippen molar-refractivity contribution in [1.82, 2.24) is 10.3 Å². The Labute approximate surface area is 103 Å². The highest BCUT2D eigenvalue weighted by molar-refractivity contribution is 7.09. The Kier molecular flexibility index (Phi) is 3.69. The number of rotatable bonds is 4. The molecule has 0 saturated carbocycles. The first-order chi connectivity index (χ1) is 8.31. The number of aromatic nitrogens is 1. The summed E-state index contributed by atoms with van der Waals surface area (Å²) in [5.41, 5.74) is 3.44. The van der Waals surface area contributed by atoms with Crippen molar-refractivity contribution in [3.05, 3.63) is 46.4 Å². The lowest BCUT2D eigenvalue weighted by molar-refractivity contribution is 0.0952. The second kappa shape index (κ2) is 5.42. The van der Waals surface area contributed by atoms with Gasteiger partial charge in [0.2, 0.25) is 0 Å². The van der Waals surface area contributed by atoms with E-state index in [2.05, 4.69) is 15.7 Å². The SMILES string of the molecule is NNc1cnccc1C(=O)NCc1cccs1. The summed E-state index contributed by atoms with van der Waals surface area (Å²) in [5.74, 6) is 5.14. The fraction of sp³-hybridized carbons (Fsp3) is 0.0909. The molecule has 0 aliphatic rings. The van der Waals surface area contributed by atoms with Crippen LogP contribution < -0.4 is 16.6 Å². The lowest BCUT2D eigenvalue weighted by atomic mass is 10.2. The number of hydrazine groups is 1. The largest absolute Gasteiger partial charge is 0.347 e. The quantitative estimate of drug-likeness (QED) is 0.564. The minimum atomic E-state index is -0.172. The normalized spacial score (nSPS) is 9.94. The highest BCUT2D eigenvalue weighted by Crippen LogP contribution is 2.12. The number of hydrogen-bond donors (Lipinski definition) is 3. The average molecular weight is 248 g/mol. The first-order valence-electron chi connectivity index (χ1n) is 5.02. The molecule has 17 heavy (non-hydrogen) atoms. The van der Waals surface area contributed by atoms with Crippen LogP contribution in [0.15, 0.2) is 36.0 Å². The van der Waals surface area contributed by atoms with E-state index in [1.54, 1.807) is 23.6 Å². The monoisotopic (exact) mass is 248 g/mol. The van der Waals surface area contributed by atoms with Gasteiger partial charge < -0.3 is 10.7 Å². The van der Waals surface area contributed by atoms with Gasteiger partial charge in [-0.05, 0) is 17.5 Å². The van der Waals surface area contributed by atoms with Gasteiger partial charge in [0.05, 0.1) is 24.0 Å². The van der Waals surface area contributed by atoms with E-state index >= 15 is 0 Å². The van der Waals surface area contributed by atoms with Crippen LogP contribution >= 0.6 is 11.3 Å². The van der Waals surface area contributed by atoms with Crippen molar-refractivity contribution in [3.8, 4) is 0 Å². The van der Waals surface area contributed by atoms with E-state index in [4.69, 9.17) is 5.84 Å². The van der Waals surface area contributed by atoms with Crippen molar-refractivity contribution < 1.29 is 4.79 Å². The minimum absolute atomic E-state index is 0.172. The van der Waals surface area contributed by atoms with E-state index in [1.807, 2.05) is 17.5 Å². The molecular weight excluding hydrogens is 236 g/mol. The maximum atomic E-state index is 11.9. The summed E-state index contributed by atoms with van der Waals surface area (Å²) in [5, 5.41) is 4.80. The first-order valence-corrected chi connectivity index (χ1v) is 5.90. The van der Waals surface area contributed by atoms with E-state index in [0.29, 0.717) is 17.8 Å². The number of carbonyl (C=O) groups is 1. The molecule has 2 rings (SSSR count). The molecule has 2 aromatic heterocycles. The van der Waals surface area contributed by atoms with E-state index in [1.165, 1.54) is 6.20 Å². The minimum Gasteiger partial charge on any atom is -0.347 e. The molecule has 0 bridgehead atoms. The van der Waals surface area contributed by atoms with Crippen LogP contribution in [0.3, 0.4) is 0 Å². The molecule has 0 radical (unpaired) electrons. The summed E-state index contributed by atoms with van der Waals surface area (Å²) in [6.45, 7) is 0.517.